The summed E-state index contributed by atoms with van der Waals surface area (Å²) in [7, 11) is 0. The van der Waals surface area contributed by atoms with Crippen molar-refractivity contribution in [3.63, 3.8) is 0 Å². The van der Waals surface area contributed by atoms with Crippen LogP contribution >= 0.6 is 0 Å². The van der Waals surface area contributed by atoms with Crippen molar-refractivity contribution in [1.82, 2.24) is 9.55 Å². The molecule has 1 heterocycles. The van der Waals surface area contributed by atoms with E-state index in [2.05, 4.69) is 83.4 Å². The molecule has 0 bridgehead atoms. The fourth-order valence-corrected chi connectivity index (χ4v) is 2.62. The molecular formula is C21H22N2. The molecule has 3 rings (SSSR count). The number of aryl methyl sites for hydroxylation is 1. The molecule has 0 aliphatic rings. The van der Waals surface area contributed by atoms with E-state index < -0.39 is 0 Å². The Morgan fingerprint density at radius 1 is 1.00 bits per heavy atom. The maximum Gasteiger partial charge on any atom is 0.139 e. The van der Waals surface area contributed by atoms with E-state index in [1.165, 1.54) is 11.1 Å². The lowest BCUT2D eigenvalue weighted by Crippen LogP contribution is -2.03. The van der Waals surface area contributed by atoms with Crippen LogP contribution < -0.4 is 0 Å². The van der Waals surface area contributed by atoms with Crippen LogP contribution in [0.15, 0.2) is 79.1 Å². The second kappa shape index (κ2) is 7.59. The number of benzene rings is 2. The molecule has 0 radical (unpaired) electrons. The van der Waals surface area contributed by atoms with Gasteiger partial charge in [-0.2, -0.15) is 0 Å². The molecule has 1 atom stereocenters. The van der Waals surface area contributed by atoms with Crippen LogP contribution in [0.4, 0.5) is 0 Å². The molecule has 2 nitrogen and oxygen atoms in total. The van der Waals surface area contributed by atoms with Gasteiger partial charge >= 0.3 is 0 Å². The highest BCUT2D eigenvalue weighted by atomic mass is 15.1. The molecule has 0 fully saturated rings. The van der Waals surface area contributed by atoms with Crippen LogP contribution in [0, 0.1) is 5.92 Å². The number of aromatic nitrogens is 2. The molecule has 0 spiro atoms. The van der Waals surface area contributed by atoms with Gasteiger partial charge in [0.2, 0.25) is 0 Å². The quantitative estimate of drug-likeness (QED) is 0.605. The number of hydrogen-bond acceptors (Lipinski definition) is 1. The van der Waals surface area contributed by atoms with Crippen molar-refractivity contribution in [3.05, 3.63) is 84.7 Å². The van der Waals surface area contributed by atoms with Gasteiger partial charge in [-0.3, -0.25) is 0 Å². The lowest BCUT2D eigenvalue weighted by molar-refractivity contribution is 0.559. The first-order valence-electron chi connectivity index (χ1n) is 8.13. The third kappa shape index (κ3) is 4.19. The average Bonchev–Trinajstić information content (AvgIpc) is 3.08. The summed E-state index contributed by atoms with van der Waals surface area (Å²) in [6.07, 6.45) is 9.54. The number of allylic oxidation sites excluding steroid dienone is 1. The Hall–Kier alpha value is -2.61. The van der Waals surface area contributed by atoms with Crippen LogP contribution in [-0.4, -0.2) is 9.55 Å². The fourth-order valence-electron chi connectivity index (χ4n) is 2.62. The lowest BCUT2D eigenvalue weighted by atomic mass is 10.1. The minimum atomic E-state index is 0.529. The molecule has 0 N–H and O–H groups in total. The van der Waals surface area contributed by atoms with Gasteiger partial charge in [0, 0.05) is 24.5 Å². The SMILES string of the molecule is CC(C=Cc1ccccc1)CCn1ccnc1-c1ccccc1. The Bertz CT molecular complexity index is 742. The first-order valence-corrected chi connectivity index (χ1v) is 8.13. The molecule has 3 aromatic rings. The number of rotatable bonds is 6. The van der Waals surface area contributed by atoms with Gasteiger partial charge in [0.1, 0.15) is 5.82 Å². The standard InChI is InChI=1S/C21H22N2/c1-18(12-13-19-8-4-2-5-9-19)14-16-23-17-15-22-21(23)20-10-6-3-7-11-20/h2-13,15,17-18H,14,16H2,1H3. The van der Waals surface area contributed by atoms with E-state index in [9.17, 15) is 0 Å². The van der Waals surface area contributed by atoms with E-state index in [-0.39, 0.29) is 0 Å². The van der Waals surface area contributed by atoms with Gasteiger partial charge in [-0.05, 0) is 17.9 Å². The molecule has 0 aliphatic carbocycles. The Balaban J connectivity index is 1.61. The highest BCUT2D eigenvalue weighted by Crippen LogP contribution is 2.18. The first kappa shape index (κ1) is 15.3. The Kier molecular flexibility index (Phi) is 5.05. The molecule has 23 heavy (non-hydrogen) atoms. The molecule has 2 aromatic carbocycles. The van der Waals surface area contributed by atoms with Crippen molar-refractivity contribution in [2.75, 3.05) is 0 Å². The van der Waals surface area contributed by atoms with Crippen LogP contribution in [0.3, 0.4) is 0 Å². The van der Waals surface area contributed by atoms with Crippen molar-refractivity contribution in [2.24, 2.45) is 5.92 Å². The molecule has 1 aromatic heterocycles. The smallest absolute Gasteiger partial charge is 0.139 e. The summed E-state index contributed by atoms with van der Waals surface area (Å²) < 4.78 is 2.24. The molecular weight excluding hydrogens is 280 g/mol. The zero-order valence-corrected chi connectivity index (χ0v) is 13.5. The van der Waals surface area contributed by atoms with Crippen molar-refractivity contribution in [2.45, 2.75) is 19.9 Å². The van der Waals surface area contributed by atoms with Gasteiger partial charge in [-0.1, -0.05) is 79.7 Å². The molecule has 0 aliphatic heterocycles. The zero-order chi connectivity index (χ0) is 15.9. The molecule has 0 amide bonds. The summed E-state index contributed by atoms with van der Waals surface area (Å²) in [5, 5.41) is 0. The molecule has 0 saturated heterocycles. The molecule has 0 saturated carbocycles. The predicted octanol–water partition coefficient (Wildman–Crippen LogP) is 5.29. The van der Waals surface area contributed by atoms with E-state index in [1.807, 2.05) is 18.3 Å². The predicted molar refractivity (Wildman–Crippen MR) is 96.9 cm³/mol. The number of imidazole rings is 1. The van der Waals surface area contributed by atoms with Crippen LogP contribution in [0.25, 0.3) is 17.5 Å². The maximum absolute atomic E-state index is 4.50. The second-order valence-electron chi connectivity index (χ2n) is 5.85. The van der Waals surface area contributed by atoms with Crippen molar-refractivity contribution < 1.29 is 0 Å². The third-order valence-corrected chi connectivity index (χ3v) is 3.99. The number of hydrogen-bond donors (Lipinski definition) is 0. The summed E-state index contributed by atoms with van der Waals surface area (Å²) in [6, 6.07) is 20.8. The van der Waals surface area contributed by atoms with E-state index in [1.54, 1.807) is 0 Å². The van der Waals surface area contributed by atoms with Crippen LogP contribution in [0.2, 0.25) is 0 Å². The van der Waals surface area contributed by atoms with Crippen LogP contribution in [0.1, 0.15) is 18.9 Å². The highest BCUT2D eigenvalue weighted by molar-refractivity contribution is 5.55. The van der Waals surface area contributed by atoms with Gasteiger partial charge in [-0.15, -0.1) is 0 Å². The van der Waals surface area contributed by atoms with Gasteiger partial charge < -0.3 is 4.57 Å². The van der Waals surface area contributed by atoms with Crippen molar-refractivity contribution in [1.29, 1.82) is 0 Å². The largest absolute Gasteiger partial charge is 0.331 e. The van der Waals surface area contributed by atoms with Gasteiger partial charge in [0.25, 0.3) is 0 Å². The fraction of sp³-hybridized carbons (Fsp3) is 0.190. The van der Waals surface area contributed by atoms with Crippen LogP contribution in [-0.2, 0) is 6.54 Å². The lowest BCUT2D eigenvalue weighted by Gasteiger charge is -2.10. The van der Waals surface area contributed by atoms with E-state index in [4.69, 9.17) is 0 Å². The minimum Gasteiger partial charge on any atom is -0.331 e. The Morgan fingerprint density at radius 3 is 2.43 bits per heavy atom. The summed E-state index contributed by atoms with van der Waals surface area (Å²) in [6.45, 7) is 3.24. The van der Waals surface area contributed by atoms with Gasteiger partial charge in [0.05, 0.1) is 0 Å². The van der Waals surface area contributed by atoms with Gasteiger partial charge in [0.15, 0.2) is 0 Å². The normalized spacial score (nSPS) is 12.6. The molecule has 2 heteroatoms. The van der Waals surface area contributed by atoms with Crippen molar-refractivity contribution in [3.8, 4) is 11.4 Å². The van der Waals surface area contributed by atoms with E-state index >= 15 is 0 Å². The van der Waals surface area contributed by atoms with Crippen molar-refractivity contribution >= 4 is 6.08 Å². The summed E-state index contributed by atoms with van der Waals surface area (Å²) >= 11 is 0. The highest BCUT2D eigenvalue weighted by Gasteiger charge is 2.06. The zero-order valence-electron chi connectivity index (χ0n) is 13.5. The first-order chi connectivity index (χ1) is 11.3. The van der Waals surface area contributed by atoms with Gasteiger partial charge in [-0.25, -0.2) is 4.98 Å². The summed E-state index contributed by atoms with van der Waals surface area (Å²) in [5.74, 6) is 1.58. The third-order valence-electron chi connectivity index (χ3n) is 3.99. The average molecular weight is 302 g/mol. The van der Waals surface area contributed by atoms with E-state index in [0.29, 0.717) is 5.92 Å². The Labute approximate surface area is 138 Å². The maximum atomic E-state index is 4.50. The summed E-state index contributed by atoms with van der Waals surface area (Å²) in [5.41, 5.74) is 2.43. The topological polar surface area (TPSA) is 17.8 Å². The van der Waals surface area contributed by atoms with E-state index in [0.717, 1.165) is 18.8 Å². The second-order valence-corrected chi connectivity index (χ2v) is 5.85. The Morgan fingerprint density at radius 2 is 1.70 bits per heavy atom. The molecule has 1 unspecified atom stereocenters. The molecule has 116 valence electrons. The monoisotopic (exact) mass is 302 g/mol. The minimum absolute atomic E-state index is 0.529. The summed E-state index contributed by atoms with van der Waals surface area (Å²) in [4.78, 5) is 4.50. The number of nitrogens with zero attached hydrogens (tertiary/aromatic N) is 2. The van der Waals surface area contributed by atoms with Crippen LogP contribution in [0.5, 0.6) is 0 Å².